The average Bonchev–Trinajstić information content (AvgIpc) is 3.03. The number of hydrogen-bond donors (Lipinski definition) is 0. The van der Waals surface area contributed by atoms with Crippen LogP contribution >= 0.6 is 7.14 Å². The van der Waals surface area contributed by atoms with Gasteiger partial charge in [0.1, 0.15) is 7.14 Å². The molecule has 0 atom stereocenters. The molecular formula is C36H28IrNOP-2. The monoisotopic (exact) mass is 714 g/mol. The number of rotatable bonds is 5. The molecule has 0 bridgehead atoms. The zero-order chi connectivity index (χ0) is 26.9. The van der Waals surface area contributed by atoms with Crippen molar-refractivity contribution in [3.63, 3.8) is 0 Å². The van der Waals surface area contributed by atoms with Crippen molar-refractivity contribution in [2.75, 3.05) is 0 Å². The third kappa shape index (κ3) is 6.64. The number of hydrogen-bond acceptors (Lipinski definition) is 2. The fourth-order valence-corrected chi connectivity index (χ4v) is 7.05. The summed E-state index contributed by atoms with van der Waals surface area (Å²) in [6.45, 7) is 2.12. The molecule has 4 heteroatoms. The number of pyridine rings is 1. The van der Waals surface area contributed by atoms with Gasteiger partial charge in [-0.1, -0.05) is 102 Å². The van der Waals surface area contributed by atoms with Gasteiger partial charge in [-0.25, -0.2) is 0 Å². The minimum atomic E-state index is -2.83. The van der Waals surface area contributed by atoms with Crippen molar-refractivity contribution in [3.8, 4) is 22.4 Å². The van der Waals surface area contributed by atoms with E-state index in [1.54, 1.807) is 0 Å². The second-order valence-corrected chi connectivity index (χ2v) is 11.8. The van der Waals surface area contributed by atoms with Gasteiger partial charge in [0.2, 0.25) is 0 Å². The first kappa shape index (κ1) is 29.1. The third-order valence-corrected chi connectivity index (χ3v) is 9.46. The molecule has 6 aromatic rings. The van der Waals surface area contributed by atoms with Gasteiger partial charge in [-0.05, 0) is 23.7 Å². The Bertz CT molecular complexity index is 1560. The molecule has 40 heavy (non-hydrogen) atoms. The second-order valence-electron chi connectivity index (χ2n) is 9.05. The van der Waals surface area contributed by atoms with Gasteiger partial charge in [0.05, 0.1) is 0 Å². The van der Waals surface area contributed by atoms with Gasteiger partial charge in [-0.2, -0.15) is 30.3 Å². The molecule has 0 N–H and O–H groups in total. The first-order chi connectivity index (χ1) is 19.2. The van der Waals surface area contributed by atoms with Crippen molar-refractivity contribution in [1.29, 1.82) is 0 Å². The summed E-state index contributed by atoms with van der Waals surface area (Å²) in [5, 5.41) is 2.43. The largest absolute Gasteiger partial charge is 0.311 e. The quantitative estimate of drug-likeness (QED) is 0.136. The summed E-state index contributed by atoms with van der Waals surface area (Å²) in [6, 6.07) is 53.5. The Morgan fingerprint density at radius 2 is 1.15 bits per heavy atom. The summed E-state index contributed by atoms with van der Waals surface area (Å²) < 4.78 is 13.8. The van der Waals surface area contributed by atoms with E-state index in [4.69, 9.17) is 0 Å². The maximum absolute atomic E-state index is 13.8. The molecule has 0 amide bonds. The summed E-state index contributed by atoms with van der Waals surface area (Å²) in [5.74, 6) is 0. The molecule has 199 valence electrons. The minimum absolute atomic E-state index is 0. The summed E-state index contributed by atoms with van der Waals surface area (Å²) in [5.41, 5.74) is 5.62. The molecular weight excluding hydrogens is 686 g/mol. The number of nitrogens with zero attached hydrogens (tertiary/aromatic N) is 1. The van der Waals surface area contributed by atoms with Gasteiger partial charge in [0, 0.05) is 42.5 Å². The van der Waals surface area contributed by atoms with E-state index in [-0.39, 0.29) is 20.1 Å². The predicted octanol–water partition coefficient (Wildman–Crippen LogP) is 7.65. The Kier molecular flexibility index (Phi) is 10.2. The Morgan fingerprint density at radius 3 is 1.65 bits per heavy atom. The summed E-state index contributed by atoms with van der Waals surface area (Å²) in [7, 11) is -2.83. The zero-order valence-electron chi connectivity index (χ0n) is 22.1. The molecule has 0 saturated carbocycles. The maximum atomic E-state index is 13.8. The smallest absolute Gasteiger partial charge is 0.147 e. The molecule has 0 unspecified atom stereocenters. The van der Waals surface area contributed by atoms with E-state index in [9.17, 15) is 4.57 Å². The molecule has 0 fully saturated rings. The van der Waals surface area contributed by atoms with Crippen molar-refractivity contribution in [1.82, 2.24) is 4.98 Å². The molecule has 1 radical (unpaired) electrons. The van der Waals surface area contributed by atoms with Crippen LogP contribution in [0.15, 0.2) is 152 Å². The summed E-state index contributed by atoms with van der Waals surface area (Å²) in [4.78, 5) is 4.55. The first-order valence-electron chi connectivity index (χ1n) is 12.8. The standard InChI is InChI=1S/C18H14N.C18H14OP.Ir/c1-14-12-18(16-10-6-3-7-11-16)19-13-17(14)15-8-4-2-5-9-15;19-20(16-10-4-1-5-11-16,17-12-6-2-7-13-17)18-14-8-3-9-15-18;/h2-10,12-13H,1H3;1-14H;/q2*-1;. The zero-order valence-corrected chi connectivity index (χ0v) is 25.4. The molecule has 0 aliphatic rings. The van der Waals surface area contributed by atoms with Gasteiger partial charge in [-0.3, -0.25) is 0 Å². The first-order valence-corrected chi connectivity index (χ1v) is 14.5. The third-order valence-electron chi connectivity index (χ3n) is 6.45. The van der Waals surface area contributed by atoms with Crippen molar-refractivity contribution in [2.45, 2.75) is 6.92 Å². The van der Waals surface area contributed by atoms with E-state index >= 15 is 0 Å². The van der Waals surface area contributed by atoms with E-state index < -0.39 is 7.14 Å². The van der Waals surface area contributed by atoms with Gasteiger partial charge in [0.25, 0.3) is 0 Å². The van der Waals surface area contributed by atoms with Gasteiger partial charge >= 0.3 is 0 Å². The van der Waals surface area contributed by atoms with Gasteiger partial charge in [-0.15, -0.1) is 35.9 Å². The van der Waals surface area contributed by atoms with E-state index in [0.717, 1.165) is 27.2 Å². The molecule has 0 saturated heterocycles. The molecule has 1 heterocycles. The Balaban J connectivity index is 0.000000181. The van der Waals surface area contributed by atoms with Crippen molar-refractivity contribution in [2.24, 2.45) is 0 Å². The van der Waals surface area contributed by atoms with Crippen LogP contribution in [0, 0.1) is 19.1 Å². The van der Waals surface area contributed by atoms with Crippen molar-refractivity contribution in [3.05, 3.63) is 169 Å². The van der Waals surface area contributed by atoms with Gasteiger partial charge in [0.15, 0.2) is 0 Å². The van der Waals surface area contributed by atoms with Crippen LogP contribution in [0.4, 0.5) is 0 Å². The summed E-state index contributed by atoms with van der Waals surface area (Å²) in [6.07, 6.45) is 1.95. The van der Waals surface area contributed by atoms with Crippen LogP contribution < -0.4 is 15.9 Å². The van der Waals surface area contributed by atoms with Crippen LogP contribution in [0.1, 0.15) is 5.56 Å². The normalized spacial score (nSPS) is 10.5. The fourth-order valence-electron chi connectivity index (χ4n) is 4.46. The van der Waals surface area contributed by atoms with E-state index in [2.05, 4.69) is 42.2 Å². The van der Waals surface area contributed by atoms with Crippen LogP contribution in [0.25, 0.3) is 22.4 Å². The topological polar surface area (TPSA) is 30.0 Å². The molecule has 0 spiro atoms. The molecule has 0 aliphatic carbocycles. The predicted molar refractivity (Wildman–Crippen MR) is 163 cm³/mol. The van der Waals surface area contributed by atoms with Crippen molar-refractivity contribution < 1.29 is 24.7 Å². The van der Waals surface area contributed by atoms with E-state index in [1.807, 2.05) is 134 Å². The Labute approximate surface area is 250 Å². The molecule has 0 aliphatic heterocycles. The number of aryl methyl sites for hydroxylation is 1. The van der Waals surface area contributed by atoms with Gasteiger partial charge < -0.3 is 9.55 Å². The summed E-state index contributed by atoms with van der Waals surface area (Å²) >= 11 is 0. The minimum Gasteiger partial charge on any atom is -0.311 e. The number of benzene rings is 5. The van der Waals surface area contributed by atoms with Crippen LogP contribution in [-0.2, 0) is 24.7 Å². The molecule has 6 rings (SSSR count). The fraction of sp³-hybridized carbons (Fsp3) is 0.0278. The van der Waals surface area contributed by atoms with E-state index in [1.165, 1.54) is 16.7 Å². The van der Waals surface area contributed by atoms with Crippen LogP contribution in [0.3, 0.4) is 0 Å². The Morgan fingerprint density at radius 1 is 0.625 bits per heavy atom. The van der Waals surface area contributed by atoms with Crippen LogP contribution in [0.5, 0.6) is 0 Å². The van der Waals surface area contributed by atoms with E-state index in [0.29, 0.717) is 0 Å². The second kappa shape index (κ2) is 14.0. The number of aromatic nitrogens is 1. The maximum Gasteiger partial charge on any atom is 0.147 e. The molecule has 2 nitrogen and oxygen atoms in total. The average molecular weight is 714 g/mol. The molecule has 1 aromatic heterocycles. The Hall–Kier alpha value is -3.87. The SMILES string of the molecule is Cc1cc(-c2[c-]cccc2)ncc1-c1ccccc1.O=P(c1[c-]cccc1)(c1ccccc1)c1ccccc1.[Ir]. The van der Waals surface area contributed by atoms with Crippen LogP contribution in [-0.4, -0.2) is 4.98 Å². The molecule has 5 aromatic carbocycles. The van der Waals surface area contributed by atoms with Crippen molar-refractivity contribution >= 4 is 23.1 Å². The van der Waals surface area contributed by atoms with Crippen LogP contribution in [0.2, 0.25) is 0 Å².